The van der Waals surface area contributed by atoms with Crippen molar-refractivity contribution >= 4 is 11.3 Å². The van der Waals surface area contributed by atoms with E-state index in [-0.39, 0.29) is 6.61 Å². The minimum Gasteiger partial charge on any atom is -0.365 e. The van der Waals surface area contributed by atoms with Crippen molar-refractivity contribution in [2.24, 2.45) is 5.41 Å². The molecule has 0 saturated carbocycles. The molecule has 1 fully saturated rings. The second kappa shape index (κ2) is 8.74. The second-order valence-electron chi connectivity index (χ2n) is 8.09. The highest BCUT2D eigenvalue weighted by Crippen LogP contribution is 2.54. The number of rotatable bonds is 8. The number of alkyl halides is 3. The molecule has 2 aromatic heterocycles. The van der Waals surface area contributed by atoms with Crippen molar-refractivity contribution in [2.45, 2.75) is 58.4 Å². The topological polar surface area (TPSA) is 25.4 Å². The summed E-state index contributed by atoms with van der Waals surface area (Å²) in [5.41, 5.74) is -1.20. The molecule has 2 aromatic rings. The van der Waals surface area contributed by atoms with Crippen LogP contribution < -0.4 is 0 Å². The van der Waals surface area contributed by atoms with Gasteiger partial charge < -0.3 is 4.74 Å². The maximum atomic E-state index is 14.3. The van der Waals surface area contributed by atoms with E-state index in [1.54, 1.807) is 18.3 Å². The fourth-order valence-corrected chi connectivity index (χ4v) is 5.13. The highest BCUT2D eigenvalue weighted by molar-refractivity contribution is 7.09. The number of thiophene rings is 1. The first-order valence-corrected chi connectivity index (χ1v) is 10.9. The van der Waals surface area contributed by atoms with E-state index in [1.165, 1.54) is 6.92 Å². The van der Waals surface area contributed by atoms with E-state index in [0.717, 1.165) is 16.1 Å². The molecule has 3 rings (SSSR count). The monoisotopic (exact) mass is 426 g/mol. The molecule has 0 spiro atoms. The van der Waals surface area contributed by atoms with Crippen LogP contribution in [-0.2, 0) is 17.7 Å². The summed E-state index contributed by atoms with van der Waals surface area (Å²) >= 11 is 1.60. The summed E-state index contributed by atoms with van der Waals surface area (Å²) in [4.78, 5) is 7.55. The van der Waals surface area contributed by atoms with Crippen LogP contribution in [-0.4, -0.2) is 41.4 Å². The van der Waals surface area contributed by atoms with Gasteiger partial charge in [-0.25, -0.2) is 0 Å². The summed E-state index contributed by atoms with van der Waals surface area (Å²) < 4.78 is 48.4. The average Bonchev–Trinajstić information content (AvgIpc) is 3.32. The van der Waals surface area contributed by atoms with Crippen molar-refractivity contribution in [3.8, 4) is 0 Å². The molecule has 160 valence electrons. The van der Waals surface area contributed by atoms with Crippen molar-refractivity contribution in [3.05, 3.63) is 52.0 Å². The van der Waals surface area contributed by atoms with Crippen LogP contribution in [0.1, 0.15) is 42.8 Å². The van der Waals surface area contributed by atoms with Gasteiger partial charge in [-0.3, -0.25) is 9.88 Å². The lowest BCUT2D eigenvalue weighted by atomic mass is 9.68. The zero-order valence-corrected chi connectivity index (χ0v) is 18.1. The summed E-state index contributed by atoms with van der Waals surface area (Å²) in [5.74, 6) is 0. The van der Waals surface area contributed by atoms with Gasteiger partial charge in [0.05, 0.1) is 0 Å². The number of ether oxygens (including phenoxy) is 1. The van der Waals surface area contributed by atoms with Gasteiger partial charge in [-0.15, -0.1) is 11.3 Å². The molecule has 1 aliphatic heterocycles. The number of likely N-dealkylation sites (tertiary alicyclic amines) is 1. The highest BCUT2D eigenvalue weighted by Gasteiger charge is 2.65. The van der Waals surface area contributed by atoms with Crippen molar-refractivity contribution in [1.29, 1.82) is 0 Å². The maximum absolute atomic E-state index is 14.3. The second-order valence-corrected chi connectivity index (χ2v) is 9.12. The molecule has 3 heterocycles. The van der Waals surface area contributed by atoms with Crippen molar-refractivity contribution in [2.75, 3.05) is 19.7 Å². The Morgan fingerprint density at radius 3 is 2.66 bits per heavy atom. The minimum atomic E-state index is -4.43. The van der Waals surface area contributed by atoms with Crippen molar-refractivity contribution in [3.63, 3.8) is 0 Å². The van der Waals surface area contributed by atoms with Crippen LogP contribution in [0.3, 0.4) is 0 Å². The number of aromatic nitrogens is 1. The van der Waals surface area contributed by atoms with Crippen LogP contribution in [0.5, 0.6) is 0 Å². The lowest BCUT2D eigenvalue weighted by molar-refractivity contribution is -0.310. The quantitative estimate of drug-likeness (QED) is 0.547. The molecule has 2 unspecified atom stereocenters. The normalized spacial score (nSPS) is 22.7. The van der Waals surface area contributed by atoms with Crippen LogP contribution in [0.15, 0.2) is 35.8 Å². The highest BCUT2D eigenvalue weighted by atomic mass is 32.1. The third-order valence-corrected chi connectivity index (χ3v) is 7.16. The number of halogens is 3. The SMILES string of the molecule is CCOC(C)(C(F)(F)F)C1(CCc2cccs2)CCN(Cc2ccc(C)nc2)C1. The summed E-state index contributed by atoms with van der Waals surface area (Å²) in [7, 11) is 0. The summed E-state index contributed by atoms with van der Waals surface area (Å²) in [6.07, 6.45) is -1.07. The smallest absolute Gasteiger partial charge is 0.365 e. The van der Waals surface area contributed by atoms with Gasteiger partial charge in [-0.2, -0.15) is 13.2 Å². The van der Waals surface area contributed by atoms with Crippen LogP contribution in [0.2, 0.25) is 0 Å². The van der Waals surface area contributed by atoms with Gasteiger partial charge in [0.1, 0.15) is 0 Å². The molecule has 0 amide bonds. The summed E-state index contributed by atoms with van der Waals surface area (Å²) in [6, 6.07) is 7.88. The van der Waals surface area contributed by atoms with E-state index < -0.39 is 17.2 Å². The molecule has 0 bridgehead atoms. The third kappa shape index (κ3) is 4.67. The van der Waals surface area contributed by atoms with Crippen LogP contribution in [0.4, 0.5) is 13.2 Å². The predicted molar refractivity (Wildman–Crippen MR) is 110 cm³/mol. The van der Waals surface area contributed by atoms with Crippen LogP contribution >= 0.6 is 11.3 Å². The molecule has 0 aliphatic carbocycles. The molecular formula is C22H29F3N2OS. The van der Waals surface area contributed by atoms with Gasteiger partial charge in [0.15, 0.2) is 5.60 Å². The van der Waals surface area contributed by atoms with Crippen LogP contribution in [0.25, 0.3) is 0 Å². The number of nitrogens with zero attached hydrogens (tertiary/aromatic N) is 2. The first kappa shape index (κ1) is 22.2. The lowest BCUT2D eigenvalue weighted by Crippen LogP contribution is -2.59. The number of hydrogen-bond donors (Lipinski definition) is 0. The fraction of sp³-hybridized carbons (Fsp3) is 0.591. The van der Waals surface area contributed by atoms with E-state index in [2.05, 4.69) is 9.88 Å². The standard InChI is InChI=1S/C22H29F3N2OS/c1-4-28-20(3,22(23,24)25)21(10-9-19-6-5-13-29-19)11-12-27(16-21)15-18-8-7-17(2)26-14-18/h5-8,13-14H,4,9-12,15-16H2,1-3H3. The first-order valence-electron chi connectivity index (χ1n) is 10.1. The Labute approximate surface area is 174 Å². The van der Waals surface area contributed by atoms with E-state index in [9.17, 15) is 13.2 Å². The molecular weight excluding hydrogens is 397 g/mol. The molecule has 0 N–H and O–H groups in total. The number of pyridine rings is 1. The molecule has 0 radical (unpaired) electrons. The summed E-state index contributed by atoms with van der Waals surface area (Å²) in [5, 5.41) is 1.97. The minimum absolute atomic E-state index is 0.0403. The Morgan fingerprint density at radius 1 is 1.28 bits per heavy atom. The van der Waals surface area contributed by atoms with Gasteiger partial charge in [0.25, 0.3) is 0 Å². The lowest BCUT2D eigenvalue weighted by Gasteiger charge is -2.47. The zero-order chi connectivity index (χ0) is 21.1. The van der Waals surface area contributed by atoms with E-state index in [1.807, 2.05) is 42.8 Å². The molecule has 29 heavy (non-hydrogen) atoms. The Bertz CT molecular complexity index is 778. The van der Waals surface area contributed by atoms with Crippen LogP contribution in [0, 0.1) is 12.3 Å². The first-order chi connectivity index (χ1) is 13.7. The molecule has 0 aromatic carbocycles. The Balaban J connectivity index is 1.85. The predicted octanol–water partition coefficient (Wildman–Crippen LogP) is 5.63. The van der Waals surface area contributed by atoms with Gasteiger partial charge in [-0.1, -0.05) is 12.1 Å². The van der Waals surface area contributed by atoms with Crippen molar-refractivity contribution < 1.29 is 17.9 Å². The average molecular weight is 427 g/mol. The molecule has 1 aliphatic rings. The fourth-order valence-electron chi connectivity index (χ4n) is 4.42. The van der Waals surface area contributed by atoms with Gasteiger partial charge in [-0.05, 0) is 69.7 Å². The largest absolute Gasteiger partial charge is 0.417 e. The Hall–Kier alpha value is -1.44. The Morgan fingerprint density at radius 2 is 2.07 bits per heavy atom. The van der Waals surface area contributed by atoms with Gasteiger partial charge in [0, 0.05) is 41.9 Å². The summed E-state index contributed by atoms with van der Waals surface area (Å²) in [6.45, 7) is 6.45. The zero-order valence-electron chi connectivity index (χ0n) is 17.3. The third-order valence-electron chi connectivity index (χ3n) is 6.23. The van der Waals surface area contributed by atoms with E-state index >= 15 is 0 Å². The number of hydrogen-bond acceptors (Lipinski definition) is 4. The maximum Gasteiger partial charge on any atom is 0.417 e. The van der Waals surface area contributed by atoms with Gasteiger partial charge >= 0.3 is 6.18 Å². The van der Waals surface area contributed by atoms with E-state index in [0.29, 0.717) is 38.9 Å². The van der Waals surface area contributed by atoms with E-state index in [4.69, 9.17) is 4.74 Å². The number of aryl methyl sites for hydroxylation is 2. The Kier molecular flexibility index (Phi) is 6.70. The molecule has 1 saturated heterocycles. The molecule has 2 atom stereocenters. The van der Waals surface area contributed by atoms with Gasteiger partial charge in [0.2, 0.25) is 0 Å². The van der Waals surface area contributed by atoms with Crippen molar-refractivity contribution in [1.82, 2.24) is 9.88 Å². The molecule has 7 heteroatoms. The molecule has 3 nitrogen and oxygen atoms in total.